The molecule has 0 N–H and O–H groups in total. The molecule has 0 spiro atoms. The zero-order valence-electron chi connectivity index (χ0n) is 13.3. The Hall–Kier alpha value is -1.33. The predicted molar refractivity (Wildman–Crippen MR) is 107 cm³/mol. The third-order valence-electron chi connectivity index (χ3n) is 3.35. The molecule has 25 heavy (non-hydrogen) atoms. The highest BCUT2D eigenvalue weighted by molar-refractivity contribution is 14.1. The van der Waals surface area contributed by atoms with Crippen molar-refractivity contribution >= 4 is 57.1 Å². The Bertz CT molecular complexity index is 1030. The zero-order chi connectivity index (χ0) is 18.0. The molecule has 0 amide bonds. The monoisotopic (exact) mass is 490 g/mol. The molecule has 4 heterocycles. The maximum absolute atomic E-state index is 12.9. The van der Waals surface area contributed by atoms with E-state index in [4.69, 9.17) is 0 Å². The zero-order valence-corrected chi connectivity index (χ0v) is 17.1. The summed E-state index contributed by atoms with van der Waals surface area (Å²) in [6, 6.07) is 6.33. The van der Waals surface area contributed by atoms with Crippen LogP contribution in [0.5, 0.6) is 0 Å². The molecule has 0 unspecified atom stereocenters. The Labute approximate surface area is 165 Å². The molecule has 130 valence electrons. The van der Waals surface area contributed by atoms with Gasteiger partial charge in [0.05, 0.1) is 17.2 Å². The van der Waals surface area contributed by atoms with Crippen LogP contribution in [-0.4, -0.2) is 31.3 Å². The smallest absolute Gasteiger partial charge is 0.173 e. The van der Waals surface area contributed by atoms with E-state index in [9.17, 15) is 8.78 Å². The Morgan fingerprint density at radius 3 is 2.24 bits per heavy atom. The van der Waals surface area contributed by atoms with Crippen LogP contribution in [0.1, 0.15) is 0 Å². The van der Waals surface area contributed by atoms with Crippen LogP contribution < -0.4 is 0 Å². The van der Waals surface area contributed by atoms with E-state index in [1.165, 1.54) is 48.1 Å². The van der Waals surface area contributed by atoms with Crippen molar-refractivity contribution in [3.05, 3.63) is 58.2 Å². The van der Waals surface area contributed by atoms with E-state index in [1.807, 2.05) is 12.5 Å². The van der Waals surface area contributed by atoms with Crippen LogP contribution >= 0.6 is 46.1 Å². The number of halogens is 3. The Morgan fingerprint density at radius 2 is 1.56 bits per heavy atom. The van der Waals surface area contributed by atoms with E-state index in [0.717, 1.165) is 25.0 Å². The van der Waals surface area contributed by atoms with Crippen molar-refractivity contribution in [1.82, 2.24) is 18.8 Å². The van der Waals surface area contributed by atoms with Gasteiger partial charge in [0, 0.05) is 12.4 Å². The van der Waals surface area contributed by atoms with Crippen molar-refractivity contribution in [2.45, 2.75) is 10.3 Å². The van der Waals surface area contributed by atoms with E-state index in [0.29, 0.717) is 0 Å². The van der Waals surface area contributed by atoms with Crippen molar-refractivity contribution < 1.29 is 8.78 Å². The highest BCUT2D eigenvalue weighted by atomic mass is 127. The summed E-state index contributed by atoms with van der Waals surface area (Å²) in [6.07, 6.45) is 8.46. The minimum absolute atomic E-state index is 0.239. The first kappa shape index (κ1) is 18.5. The second-order valence-electron chi connectivity index (χ2n) is 4.88. The lowest BCUT2D eigenvalue weighted by Gasteiger charge is -1.96. The highest BCUT2D eigenvalue weighted by Crippen LogP contribution is 2.21. The number of thioether (sulfide) groups is 2. The molecule has 0 aliphatic rings. The maximum Gasteiger partial charge on any atom is 0.173 e. The van der Waals surface area contributed by atoms with Crippen molar-refractivity contribution in [3.8, 4) is 0 Å². The quantitative estimate of drug-likeness (QED) is 0.293. The topological polar surface area (TPSA) is 34.6 Å². The third-order valence-corrected chi connectivity index (χ3v) is 5.46. The predicted octanol–water partition coefficient (Wildman–Crippen LogP) is 5.00. The molecular formula is C16H13F2IN4S2. The SMILES string of the molecule is CSc1nc(I)c2ccc(F)cn12.CSc1ncc2ccc(F)cn12. The largest absolute Gasteiger partial charge is 0.292 e. The maximum atomic E-state index is 12.9. The summed E-state index contributed by atoms with van der Waals surface area (Å²) < 4.78 is 30.1. The number of hydrogen-bond acceptors (Lipinski definition) is 4. The number of aromatic nitrogens is 4. The fraction of sp³-hybridized carbons (Fsp3) is 0.125. The number of rotatable bonds is 2. The van der Waals surface area contributed by atoms with Gasteiger partial charge in [-0.25, -0.2) is 18.7 Å². The highest BCUT2D eigenvalue weighted by Gasteiger charge is 2.07. The van der Waals surface area contributed by atoms with Gasteiger partial charge in [-0.3, -0.25) is 8.80 Å². The lowest BCUT2D eigenvalue weighted by molar-refractivity contribution is 0.615. The average molecular weight is 490 g/mol. The third kappa shape index (κ3) is 3.93. The van der Waals surface area contributed by atoms with E-state index >= 15 is 0 Å². The van der Waals surface area contributed by atoms with Crippen LogP contribution in [0.15, 0.2) is 53.2 Å². The first-order valence-corrected chi connectivity index (χ1v) is 10.6. The van der Waals surface area contributed by atoms with Crippen LogP contribution in [0.25, 0.3) is 11.0 Å². The fourth-order valence-corrected chi connectivity index (χ4v) is 4.11. The molecule has 0 atom stereocenters. The summed E-state index contributed by atoms with van der Waals surface area (Å²) in [6.45, 7) is 0. The summed E-state index contributed by atoms with van der Waals surface area (Å²) in [5.74, 6) is -0.479. The molecule has 4 aromatic heterocycles. The van der Waals surface area contributed by atoms with Gasteiger partial charge in [-0.2, -0.15) is 0 Å². The number of hydrogen-bond donors (Lipinski definition) is 0. The van der Waals surface area contributed by atoms with E-state index < -0.39 is 0 Å². The summed E-state index contributed by atoms with van der Waals surface area (Å²) in [5, 5.41) is 1.63. The Morgan fingerprint density at radius 1 is 0.920 bits per heavy atom. The van der Waals surface area contributed by atoms with Crippen LogP contribution in [0, 0.1) is 15.3 Å². The standard InChI is InChI=1S/C8H6FIN2S.C8H7FN2S/c1-13-8-11-7(10)6-3-2-5(9)4-12(6)8;1-12-8-10-4-7-3-2-6(9)5-11(7)8/h2-4H,1H3;2-5H,1H3. The molecular weight excluding hydrogens is 477 g/mol. The molecule has 4 nitrogen and oxygen atoms in total. The average Bonchev–Trinajstić information content (AvgIpc) is 3.15. The molecule has 0 aliphatic heterocycles. The molecule has 4 aromatic rings. The molecule has 0 aromatic carbocycles. The van der Waals surface area contributed by atoms with Gasteiger partial charge in [0.15, 0.2) is 10.3 Å². The summed E-state index contributed by atoms with van der Waals surface area (Å²) in [7, 11) is 0. The van der Waals surface area contributed by atoms with E-state index in [2.05, 4.69) is 32.6 Å². The van der Waals surface area contributed by atoms with Gasteiger partial charge in [-0.15, -0.1) is 0 Å². The first-order chi connectivity index (χ1) is 12.0. The van der Waals surface area contributed by atoms with Crippen LogP contribution in [0.4, 0.5) is 8.78 Å². The van der Waals surface area contributed by atoms with Crippen molar-refractivity contribution in [2.24, 2.45) is 0 Å². The molecule has 4 rings (SSSR count). The summed E-state index contributed by atoms with van der Waals surface area (Å²) in [4.78, 5) is 8.41. The van der Waals surface area contributed by atoms with Gasteiger partial charge in [-0.05, 0) is 59.4 Å². The van der Waals surface area contributed by atoms with Gasteiger partial charge >= 0.3 is 0 Å². The minimum Gasteiger partial charge on any atom is -0.292 e. The molecule has 0 aliphatic carbocycles. The van der Waals surface area contributed by atoms with Gasteiger partial charge < -0.3 is 0 Å². The van der Waals surface area contributed by atoms with E-state index in [1.54, 1.807) is 27.1 Å². The lowest BCUT2D eigenvalue weighted by atomic mass is 10.4. The van der Waals surface area contributed by atoms with Gasteiger partial charge in [-0.1, -0.05) is 23.5 Å². The molecule has 0 saturated carbocycles. The second kappa shape index (κ2) is 7.92. The van der Waals surface area contributed by atoms with Gasteiger partial charge in [0.1, 0.15) is 15.3 Å². The van der Waals surface area contributed by atoms with Crippen LogP contribution in [0.2, 0.25) is 0 Å². The van der Waals surface area contributed by atoms with Gasteiger partial charge in [0.2, 0.25) is 0 Å². The minimum atomic E-state index is -0.240. The molecule has 0 fully saturated rings. The molecule has 9 heteroatoms. The lowest BCUT2D eigenvalue weighted by Crippen LogP contribution is -1.87. The molecule has 0 bridgehead atoms. The number of pyridine rings is 2. The second-order valence-corrected chi connectivity index (χ2v) is 7.45. The van der Waals surface area contributed by atoms with Crippen molar-refractivity contribution in [3.63, 3.8) is 0 Å². The van der Waals surface area contributed by atoms with Crippen LogP contribution in [0.3, 0.4) is 0 Å². The van der Waals surface area contributed by atoms with Crippen molar-refractivity contribution in [1.29, 1.82) is 0 Å². The number of imidazole rings is 2. The van der Waals surface area contributed by atoms with Crippen LogP contribution in [-0.2, 0) is 0 Å². The molecule has 0 radical (unpaired) electrons. The molecule has 0 saturated heterocycles. The Kier molecular flexibility index (Phi) is 5.85. The first-order valence-electron chi connectivity index (χ1n) is 7.07. The summed E-state index contributed by atoms with van der Waals surface area (Å²) >= 11 is 5.15. The summed E-state index contributed by atoms with van der Waals surface area (Å²) in [5.41, 5.74) is 1.87. The van der Waals surface area contributed by atoms with E-state index in [-0.39, 0.29) is 11.6 Å². The van der Waals surface area contributed by atoms with Crippen molar-refractivity contribution in [2.75, 3.05) is 12.5 Å². The normalized spacial score (nSPS) is 10.9. The number of nitrogens with zero attached hydrogens (tertiary/aromatic N) is 4. The number of fused-ring (bicyclic) bond motifs is 2. The Balaban J connectivity index is 0.000000146. The fourth-order valence-electron chi connectivity index (χ4n) is 2.23. The van der Waals surface area contributed by atoms with Gasteiger partial charge in [0.25, 0.3) is 0 Å².